The van der Waals surface area contributed by atoms with Crippen molar-refractivity contribution in [3.8, 4) is 0 Å². The first kappa shape index (κ1) is 12.6. The number of amides is 1. The molecule has 0 spiro atoms. The lowest BCUT2D eigenvalue weighted by Crippen LogP contribution is -2.42. The predicted octanol–water partition coefficient (Wildman–Crippen LogP) is 2.10. The van der Waals surface area contributed by atoms with Crippen molar-refractivity contribution >= 4 is 5.91 Å². The molecule has 3 rings (SSSR count). The number of fused-ring (bicyclic) bond motifs is 2. The number of aryl methyl sites for hydroxylation is 1. The molecule has 0 aliphatic carbocycles. The summed E-state index contributed by atoms with van der Waals surface area (Å²) in [6.07, 6.45) is 3.18. The van der Waals surface area contributed by atoms with Crippen LogP contribution in [0.1, 0.15) is 35.2 Å². The summed E-state index contributed by atoms with van der Waals surface area (Å²) in [5.41, 5.74) is 1.14. The van der Waals surface area contributed by atoms with Gasteiger partial charge < -0.3 is 10.2 Å². The SMILES string of the molecule is Cc1cc(C(=O)N2C3CCNCC2CC3)ccc1F. The molecule has 0 radical (unpaired) electrons. The average molecular weight is 262 g/mol. The highest BCUT2D eigenvalue weighted by atomic mass is 19.1. The van der Waals surface area contributed by atoms with Crippen molar-refractivity contribution in [1.29, 1.82) is 0 Å². The molecule has 2 aliphatic rings. The van der Waals surface area contributed by atoms with E-state index in [1.54, 1.807) is 19.1 Å². The van der Waals surface area contributed by atoms with Crippen molar-refractivity contribution in [2.75, 3.05) is 13.1 Å². The Morgan fingerprint density at radius 2 is 2.11 bits per heavy atom. The minimum atomic E-state index is -0.253. The summed E-state index contributed by atoms with van der Waals surface area (Å²) in [6.45, 7) is 3.56. The van der Waals surface area contributed by atoms with E-state index in [0.29, 0.717) is 23.2 Å². The number of hydrogen-bond donors (Lipinski definition) is 1. The highest BCUT2D eigenvalue weighted by Crippen LogP contribution is 2.29. The summed E-state index contributed by atoms with van der Waals surface area (Å²) in [4.78, 5) is 14.7. The molecule has 2 fully saturated rings. The Bertz CT molecular complexity index is 489. The van der Waals surface area contributed by atoms with Crippen LogP contribution in [0.4, 0.5) is 4.39 Å². The average Bonchev–Trinajstić information content (AvgIpc) is 2.65. The molecule has 1 N–H and O–H groups in total. The molecule has 2 aliphatic heterocycles. The maximum absolute atomic E-state index is 13.3. The number of benzene rings is 1. The quantitative estimate of drug-likeness (QED) is 0.840. The Balaban J connectivity index is 1.88. The van der Waals surface area contributed by atoms with Gasteiger partial charge in [-0.15, -0.1) is 0 Å². The Morgan fingerprint density at radius 3 is 2.89 bits per heavy atom. The normalized spacial score (nSPS) is 26.3. The molecule has 1 amide bonds. The fourth-order valence-corrected chi connectivity index (χ4v) is 3.24. The number of rotatable bonds is 1. The summed E-state index contributed by atoms with van der Waals surface area (Å²) in [5.74, 6) is -0.198. The van der Waals surface area contributed by atoms with Crippen LogP contribution in [0.25, 0.3) is 0 Å². The predicted molar refractivity (Wildman–Crippen MR) is 71.6 cm³/mol. The molecule has 4 heteroatoms. The molecule has 2 atom stereocenters. The molecule has 1 aromatic carbocycles. The molecule has 2 heterocycles. The molecular formula is C15H19FN2O. The summed E-state index contributed by atoms with van der Waals surface area (Å²) in [5, 5.41) is 3.38. The fraction of sp³-hybridized carbons (Fsp3) is 0.533. The summed E-state index contributed by atoms with van der Waals surface area (Å²) in [6, 6.07) is 5.29. The third-order valence-electron chi connectivity index (χ3n) is 4.29. The van der Waals surface area contributed by atoms with Crippen molar-refractivity contribution in [3.63, 3.8) is 0 Å². The second kappa shape index (κ2) is 4.93. The van der Waals surface area contributed by atoms with Crippen LogP contribution in [0.3, 0.4) is 0 Å². The molecule has 2 saturated heterocycles. The van der Waals surface area contributed by atoms with E-state index in [2.05, 4.69) is 5.32 Å². The second-order valence-electron chi connectivity index (χ2n) is 5.55. The van der Waals surface area contributed by atoms with Gasteiger partial charge in [-0.3, -0.25) is 4.79 Å². The summed E-state index contributed by atoms with van der Waals surface area (Å²) in [7, 11) is 0. The number of nitrogens with zero attached hydrogens (tertiary/aromatic N) is 1. The van der Waals surface area contributed by atoms with Gasteiger partial charge in [-0.25, -0.2) is 4.39 Å². The molecular weight excluding hydrogens is 243 g/mol. The van der Waals surface area contributed by atoms with Crippen molar-refractivity contribution in [3.05, 3.63) is 35.1 Å². The number of carbonyl (C=O) groups excluding carboxylic acids is 1. The minimum absolute atomic E-state index is 0.0549. The lowest BCUT2D eigenvalue weighted by Gasteiger charge is -2.28. The highest BCUT2D eigenvalue weighted by Gasteiger charge is 2.38. The Labute approximate surface area is 112 Å². The van der Waals surface area contributed by atoms with Gasteiger partial charge in [0, 0.05) is 24.2 Å². The van der Waals surface area contributed by atoms with Crippen molar-refractivity contribution in [2.45, 2.75) is 38.3 Å². The van der Waals surface area contributed by atoms with Gasteiger partial charge >= 0.3 is 0 Å². The zero-order valence-corrected chi connectivity index (χ0v) is 11.2. The number of halogens is 1. The number of nitrogens with one attached hydrogen (secondary N) is 1. The van der Waals surface area contributed by atoms with Gasteiger partial charge in [0.15, 0.2) is 0 Å². The Kier molecular flexibility index (Phi) is 3.27. The fourth-order valence-electron chi connectivity index (χ4n) is 3.24. The molecule has 2 unspecified atom stereocenters. The van der Waals surface area contributed by atoms with Crippen molar-refractivity contribution < 1.29 is 9.18 Å². The second-order valence-corrected chi connectivity index (χ2v) is 5.55. The van der Waals surface area contributed by atoms with E-state index in [4.69, 9.17) is 0 Å². The Morgan fingerprint density at radius 1 is 1.32 bits per heavy atom. The number of hydrogen-bond acceptors (Lipinski definition) is 2. The zero-order valence-electron chi connectivity index (χ0n) is 11.2. The van der Waals surface area contributed by atoms with E-state index in [9.17, 15) is 9.18 Å². The van der Waals surface area contributed by atoms with Gasteiger partial charge in [-0.05, 0) is 56.5 Å². The maximum Gasteiger partial charge on any atom is 0.254 e. The molecule has 0 saturated carbocycles. The van der Waals surface area contributed by atoms with E-state index in [1.807, 2.05) is 4.90 Å². The molecule has 0 aromatic heterocycles. The monoisotopic (exact) mass is 262 g/mol. The number of carbonyl (C=O) groups is 1. The molecule has 1 aromatic rings. The lowest BCUT2D eigenvalue weighted by molar-refractivity contribution is 0.0680. The van der Waals surface area contributed by atoms with Gasteiger partial charge in [0.2, 0.25) is 0 Å². The van der Waals surface area contributed by atoms with Crippen LogP contribution >= 0.6 is 0 Å². The van der Waals surface area contributed by atoms with E-state index in [0.717, 1.165) is 32.4 Å². The van der Waals surface area contributed by atoms with Crippen molar-refractivity contribution in [1.82, 2.24) is 10.2 Å². The van der Waals surface area contributed by atoms with Crippen LogP contribution in [-0.4, -0.2) is 36.0 Å². The van der Waals surface area contributed by atoms with Crippen LogP contribution in [0.5, 0.6) is 0 Å². The van der Waals surface area contributed by atoms with Gasteiger partial charge in [-0.2, -0.15) is 0 Å². The van der Waals surface area contributed by atoms with Crippen LogP contribution in [0, 0.1) is 12.7 Å². The smallest absolute Gasteiger partial charge is 0.254 e. The van der Waals surface area contributed by atoms with Gasteiger partial charge in [0.05, 0.1) is 0 Å². The Hall–Kier alpha value is -1.42. The van der Waals surface area contributed by atoms with Gasteiger partial charge in [-0.1, -0.05) is 0 Å². The van der Waals surface area contributed by atoms with E-state index in [-0.39, 0.29) is 11.7 Å². The molecule has 102 valence electrons. The standard InChI is InChI=1S/C15H19FN2O/c1-10-8-11(2-5-14(10)16)15(19)18-12-3-4-13(18)9-17-7-6-12/h2,5,8,12-13,17H,3-4,6-7,9H2,1H3. The third kappa shape index (κ3) is 2.25. The molecule has 19 heavy (non-hydrogen) atoms. The van der Waals surface area contributed by atoms with E-state index in [1.165, 1.54) is 6.07 Å². The summed E-state index contributed by atoms with van der Waals surface area (Å²) < 4.78 is 13.3. The van der Waals surface area contributed by atoms with Crippen LogP contribution in [-0.2, 0) is 0 Å². The first-order chi connectivity index (χ1) is 9.16. The minimum Gasteiger partial charge on any atom is -0.331 e. The van der Waals surface area contributed by atoms with Gasteiger partial charge in [0.1, 0.15) is 5.82 Å². The zero-order chi connectivity index (χ0) is 13.4. The van der Waals surface area contributed by atoms with Gasteiger partial charge in [0.25, 0.3) is 5.91 Å². The first-order valence-electron chi connectivity index (χ1n) is 6.96. The topological polar surface area (TPSA) is 32.3 Å². The molecule has 2 bridgehead atoms. The van der Waals surface area contributed by atoms with Crippen LogP contribution in [0.15, 0.2) is 18.2 Å². The van der Waals surface area contributed by atoms with E-state index >= 15 is 0 Å². The van der Waals surface area contributed by atoms with Crippen molar-refractivity contribution in [2.24, 2.45) is 0 Å². The van der Waals surface area contributed by atoms with Crippen LogP contribution < -0.4 is 5.32 Å². The lowest BCUT2D eigenvalue weighted by atomic mass is 10.1. The van der Waals surface area contributed by atoms with Crippen LogP contribution in [0.2, 0.25) is 0 Å². The highest BCUT2D eigenvalue weighted by molar-refractivity contribution is 5.95. The molecule has 3 nitrogen and oxygen atoms in total. The summed E-state index contributed by atoms with van der Waals surface area (Å²) >= 11 is 0. The largest absolute Gasteiger partial charge is 0.331 e. The maximum atomic E-state index is 13.3. The first-order valence-corrected chi connectivity index (χ1v) is 6.96. The van der Waals surface area contributed by atoms with E-state index < -0.39 is 0 Å². The third-order valence-corrected chi connectivity index (χ3v) is 4.29.